The minimum Gasteiger partial charge on any atom is -0.486 e. The second-order valence-electron chi connectivity index (χ2n) is 7.24. The number of aliphatic imine (C=N–C) groups is 1. The number of amides is 1. The molecule has 1 fully saturated rings. The first-order valence-corrected chi connectivity index (χ1v) is 12.0. The zero-order chi connectivity index (χ0) is 24.2. The van der Waals surface area contributed by atoms with E-state index in [-0.39, 0.29) is 12.5 Å². The highest BCUT2D eigenvalue weighted by Crippen LogP contribution is 2.37. The molecule has 3 aromatic rings. The first kappa shape index (κ1) is 24.2. The molecule has 1 amide bonds. The summed E-state index contributed by atoms with van der Waals surface area (Å²) in [5.74, 6) is 0.0320. The lowest BCUT2D eigenvalue weighted by Gasteiger charge is -2.12. The molecule has 1 aliphatic heterocycles. The molecule has 1 heterocycles. The summed E-state index contributed by atoms with van der Waals surface area (Å²) in [7, 11) is 0. The zero-order valence-electron chi connectivity index (χ0n) is 17.7. The Labute approximate surface area is 216 Å². The Balaban J connectivity index is 1.53. The van der Waals surface area contributed by atoms with Crippen LogP contribution in [0.3, 0.4) is 0 Å². The summed E-state index contributed by atoms with van der Waals surface area (Å²) in [4.78, 5) is 17.4. The Kier molecular flexibility index (Phi) is 7.50. The van der Waals surface area contributed by atoms with E-state index in [9.17, 15) is 10.1 Å². The molecule has 34 heavy (non-hydrogen) atoms. The number of halogens is 3. The number of rotatable bonds is 5. The Bertz CT molecular complexity index is 1370. The summed E-state index contributed by atoms with van der Waals surface area (Å²) in [6.07, 6.45) is 1.68. The number of ether oxygens (including phenoxy) is 1. The van der Waals surface area contributed by atoms with Crippen LogP contribution in [0.25, 0.3) is 6.08 Å². The summed E-state index contributed by atoms with van der Waals surface area (Å²) >= 11 is 20.2. The molecule has 0 atom stereocenters. The van der Waals surface area contributed by atoms with Gasteiger partial charge in [-0.2, -0.15) is 5.26 Å². The highest BCUT2D eigenvalue weighted by Gasteiger charge is 2.24. The van der Waals surface area contributed by atoms with Gasteiger partial charge in [0.2, 0.25) is 0 Å². The fourth-order valence-corrected chi connectivity index (χ4v) is 4.78. The van der Waals surface area contributed by atoms with Gasteiger partial charge in [-0.25, -0.2) is 4.99 Å². The van der Waals surface area contributed by atoms with E-state index < -0.39 is 0 Å². The third-order valence-corrected chi connectivity index (χ3v) is 6.82. The van der Waals surface area contributed by atoms with Gasteiger partial charge in [-0.15, -0.1) is 0 Å². The second-order valence-corrected chi connectivity index (χ2v) is 9.49. The van der Waals surface area contributed by atoms with Crippen molar-refractivity contribution in [2.75, 3.05) is 0 Å². The van der Waals surface area contributed by atoms with E-state index >= 15 is 0 Å². The molecule has 1 N–H and O–H groups in total. The molecule has 1 saturated heterocycles. The van der Waals surface area contributed by atoms with Crippen molar-refractivity contribution in [1.29, 1.82) is 5.26 Å². The third-order valence-electron chi connectivity index (χ3n) is 4.94. The standard InChI is InChI=1S/C25H16Cl3N3O2S/c1-14-18(26)7-4-8-21(14)30-25-31-24(32)22(34-25)11-15-9-19(27)23(20(28)10-15)33-13-17-6-3-2-5-16(17)12-29/h2-11H,13H2,1H3,(H,30,31,32)/b22-11+. The van der Waals surface area contributed by atoms with Crippen LogP contribution < -0.4 is 10.1 Å². The van der Waals surface area contributed by atoms with Crippen LogP contribution >= 0.6 is 46.6 Å². The topological polar surface area (TPSA) is 74.5 Å². The quantitative estimate of drug-likeness (QED) is 0.353. The molecule has 0 aromatic heterocycles. The van der Waals surface area contributed by atoms with Crippen LogP contribution in [-0.4, -0.2) is 11.1 Å². The van der Waals surface area contributed by atoms with Crippen molar-refractivity contribution in [2.24, 2.45) is 4.99 Å². The van der Waals surface area contributed by atoms with Crippen molar-refractivity contribution in [3.8, 4) is 11.8 Å². The van der Waals surface area contributed by atoms with E-state index in [1.165, 1.54) is 11.8 Å². The molecule has 3 aromatic carbocycles. The number of nitriles is 1. The van der Waals surface area contributed by atoms with Gasteiger partial charge in [0.1, 0.15) is 6.61 Å². The maximum atomic E-state index is 12.5. The monoisotopic (exact) mass is 527 g/mol. The van der Waals surface area contributed by atoms with E-state index in [0.29, 0.717) is 47.7 Å². The van der Waals surface area contributed by atoms with Crippen LogP contribution in [0.1, 0.15) is 22.3 Å². The Morgan fingerprint density at radius 3 is 2.56 bits per heavy atom. The van der Waals surface area contributed by atoms with Crippen LogP contribution in [0.5, 0.6) is 5.75 Å². The first-order valence-electron chi connectivity index (χ1n) is 10.00. The molecule has 0 aliphatic carbocycles. The average molecular weight is 529 g/mol. The summed E-state index contributed by atoms with van der Waals surface area (Å²) in [6, 6.07) is 18.0. The highest BCUT2D eigenvalue weighted by atomic mass is 35.5. The molecular formula is C25H16Cl3N3O2S. The molecule has 0 saturated carbocycles. The third kappa shape index (κ3) is 5.40. The van der Waals surface area contributed by atoms with Crippen molar-refractivity contribution in [3.63, 3.8) is 0 Å². The van der Waals surface area contributed by atoms with Crippen molar-refractivity contribution < 1.29 is 9.53 Å². The average Bonchev–Trinajstić information content (AvgIpc) is 3.15. The molecule has 5 nitrogen and oxygen atoms in total. The predicted molar refractivity (Wildman–Crippen MR) is 139 cm³/mol. The number of hydrogen-bond donors (Lipinski definition) is 1. The Morgan fingerprint density at radius 2 is 1.82 bits per heavy atom. The first-order chi connectivity index (χ1) is 16.4. The molecule has 4 rings (SSSR count). The van der Waals surface area contributed by atoms with Gasteiger partial charge in [0.15, 0.2) is 10.9 Å². The smallest absolute Gasteiger partial charge is 0.264 e. The lowest BCUT2D eigenvalue weighted by Crippen LogP contribution is -2.19. The highest BCUT2D eigenvalue weighted by molar-refractivity contribution is 8.18. The molecule has 1 aliphatic rings. The van der Waals surface area contributed by atoms with Crippen molar-refractivity contribution in [1.82, 2.24) is 5.32 Å². The van der Waals surface area contributed by atoms with Crippen LogP contribution in [0, 0.1) is 18.3 Å². The molecule has 170 valence electrons. The maximum Gasteiger partial charge on any atom is 0.264 e. The maximum absolute atomic E-state index is 12.5. The number of carbonyl (C=O) groups is 1. The molecule has 0 unspecified atom stereocenters. The van der Waals surface area contributed by atoms with Crippen molar-refractivity contribution in [3.05, 3.63) is 96.8 Å². The van der Waals surface area contributed by atoms with Crippen molar-refractivity contribution in [2.45, 2.75) is 13.5 Å². The SMILES string of the molecule is Cc1c(Cl)cccc1N=C1NC(=O)/C(=C\c2cc(Cl)c(OCc3ccccc3C#N)c(Cl)c2)S1. The van der Waals surface area contributed by atoms with E-state index in [1.807, 2.05) is 19.1 Å². The largest absolute Gasteiger partial charge is 0.486 e. The van der Waals surface area contributed by atoms with E-state index in [2.05, 4.69) is 16.4 Å². The number of nitrogens with one attached hydrogen (secondary N) is 1. The Hall–Kier alpha value is -2.95. The lowest BCUT2D eigenvalue weighted by molar-refractivity contribution is -0.115. The number of thioether (sulfide) groups is 1. The minimum atomic E-state index is -0.274. The minimum absolute atomic E-state index is 0.143. The van der Waals surface area contributed by atoms with E-state index in [0.717, 1.165) is 11.1 Å². The molecule has 9 heteroatoms. The number of benzene rings is 3. The van der Waals surface area contributed by atoms with E-state index in [1.54, 1.807) is 48.5 Å². The number of amidine groups is 1. The zero-order valence-corrected chi connectivity index (χ0v) is 20.8. The van der Waals surface area contributed by atoms with Gasteiger partial charge >= 0.3 is 0 Å². The van der Waals surface area contributed by atoms with Gasteiger partial charge in [0, 0.05) is 10.6 Å². The van der Waals surface area contributed by atoms with Crippen molar-refractivity contribution >= 4 is 69.4 Å². The lowest BCUT2D eigenvalue weighted by atomic mass is 10.1. The second kappa shape index (κ2) is 10.5. The summed E-state index contributed by atoms with van der Waals surface area (Å²) in [6.45, 7) is 2.01. The number of carbonyl (C=O) groups excluding carboxylic acids is 1. The van der Waals surface area contributed by atoms with Gasteiger partial charge in [-0.05, 0) is 66.2 Å². The summed E-state index contributed by atoms with van der Waals surface area (Å²) < 4.78 is 5.80. The number of nitrogens with zero attached hydrogens (tertiary/aromatic N) is 2. The summed E-state index contributed by atoms with van der Waals surface area (Å²) in [5, 5.41) is 13.6. The van der Waals surface area contributed by atoms with Crippen LogP contribution in [-0.2, 0) is 11.4 Å². The normalized spacial score (nSPS) is 15.4. The molecular weight excluding hydrogens is 513 g/mol. The Morgan fingerprint density at radius 1 is 1.09 bits per heavy atom. The fourth-order valence-electron chi connectivity index (χ4n) is 3.16. The molecule has 0 bridgehead atoms. The molecule has 0 radical (unpaired) electrons. The van der Waals surface area contributed by atoms with Gasteiger partial charge in [-0.1, -0.05) is 59.1 Å². The predicted octanol–water partition coefficient (Wildman–Crippen LogP) is 7.30. The van der Waals surface area contributed by atoms with Gasteiger partial charge in [-0.3, -0.25) is 4.79 Å². The van der Waals surface area contributed by atoms with Crippen LogP contribution in [0.4, 0.5) is 5.69 Å². The number of hydrogen-bond acceptors (Lipinski definition) is 5. The fraction of sp³-hybridized carbons (Fsp3) is 0.0800. The van der Waals surface area contributed by atoms with Crippen LogP contribution in [0.2, 0.25) is 15.1 Å². The van der Waals surface area contributed by atoms with Crippen LogP contribution in [0.15, 0.2) is 64.5 Å². The van der Waals surface area contributed by atoms with E-state index in [4.69, 9.17) is 39.5 Å². The summed E-state index contributed by atoms with van der Waals surface area (Å²) in [5.41, 5.74) is 3.39. The van der Waals surface area contributed by atoms with Gasteiger partial charge in [0.25, 0.3) is 5.91 Å². The van der Waals surface area contributed by atoms with Gasteiger partial charge < -0.3 is 10.1 Å². The van der Waals surface area contributed by atoms with Gasteiger partial charge in [0.05, 0.1) is 32.3 Å². The molecule has 0 spiro atoms.